The Morgan fingerprint density at radius 2 is 1.57 bits per heavy atom. The van der Waals surface area contributed by atoms with Gasteiger partial charge in [0, 0.05) is 6.26 Å². The number of hydrogen-bond donors (Lipinski definition) is 1. The highest BCUT2D eigenvalue weighted by Gasteiger charge is 2.27. The molecule has 1 aliphatic heterocycles. The third-order valence-corrected chi connectivity index (χ3v) is 6.93. The number of fused-ring (bicyclic) bond motifs is 1. The lowest BCUT2D eigenvalue weighted by Crippen LogP contribution is -2.13. The van der Waals surface area contributed by atoms with E-state index in [1.54, 1.807) is 24.3 Å². The van der Waals surface area contributed by atoms with E-state index in [9.17, 15) is 13.5 Å². The molecule has 28 heavy (non-hydrogen) atoms. The second-order valence-electron chi connectivity index (χ2n) is 7.79. The molecule has 0 spiro atoms. The smallest absolute Gasteiger partial charge is 0.231 e. The third-order valence-electron chi connectivity index (χ3n) is 5.80. The molecule has 2 aromatic carbocycles. The predicted octanol–water partition coefficient (Wildman–Crippen LogP) is 4.49. The summed E-state index contributed by atoms with van der Waals surface area (Å²) in [6.45, 7) is 0.171. The minimum absolute atomic E-state index is 0.171. The van der Waals surface area contributed by atoms with Crippen LogP contribution in [0, 0.1) is 5.92 Å². The van der Waals surface area contributed by atoms with Gasteiger partial charge in [0.15, 0.2) is 21.3 Å². The highest BCUT2D eigenvalue weighted by Crippen LogP contribution is 2.44. The van der Waals surface area contributed by atoms with E-state index >= 15 is 0 Å². The molecule has 1 atom stereocenters. The normalized spacial score (nSPS) is 18.6. The first-order chi connectivity index (χ1) is 13.4. The second-order valence-corrected chi connectivity index (χ2v) is 9.80. The van der Waals surface area contributed by atoms with Crippen LogP contribution in [0.3, 0.4) is 0 Å². The van der Waals surface area contributed by atoms with Crippen molar-refractivity contribution in [1.82, 2.24) is 0 Å². The summed E-state index contributed by atoms with van der Waals surface area (Å²) in [5, 5.41) is 11.2. The molecule has 5 nitrogen and oxygen atoms in total. The van der Waals surface area contributed by atoms with Gasteiger partial charge in [-0.15, -0.1) is 0 Å². The maximum absolute atomic E-state index is 11.8. The molecule has 4 rings (SSSR count). The van der Waals surface area contributed by atoms with E-state index < -0.39 is 15.9 Å². The lowest BCUT2D eigenvalue weighted by atomic mass is 9.85. The molecule has 0 radical (unpaired) electrons. The summed E-state index contributed by atoms with van der Waals surface area (Å²) in [6, 6.07) is 10.6. The Bertz CT molecular complexity index is 942. The molecule has 0 amide bonds. The highest BCUT2D eigenvalue weighted by atomic mass is 32.2. The van der Waals surface area contributed by atoms with Gasteiger partial charge in [0.1, 0.15) is 0 Å². The first-order valence-electron chi connectivity index (χ1n) is 9.85. The molecular formula is C22H26O5S. The average Bonchev–Trinajstić information content (AvgIpc) is 2.97. The lowest BCUT2D eigenvalue weighted by Gasteiger charge is -2.24. The van der Waals surface area contributed by atoms with Crippen molar-refractivity contribution >= 4 is 9.84 Å². The van der Waals surface area contributed by atoms with Gasteiger partial charge in [-0.2, -0.15) is 0 Å². The van der Waals surface area contributed by atoms with Gasteiger partial charge in [-0.05, 0) is 59.7 Å². The second kappa shape index (κ2) is 7.76. The Morgan fingerprint density at radius 1 is 0.964 bits per heavy atom. The van der Waals surface area contributed by atoms with E-state index in [2.05, 4.69) is 0 Å². The molecule has 1 aliphatic carbocycles. The summed E-state index contributed by atoms with van der Waals surface area (Å²) in [5.41, 5.74) is 2.54. The fourth-order valence-electron chi connectivity index (χ4n) is 4.21. The van der Waals surface area contributed by atoms with Crippen molar-refractivity contribution in [2.45, 2.75) is 49.5 Å². The molecule has 1 saturated carbocycles. The van der Waals surface area contributed by atoms with Gasteiger partial charge >= 0.3 is 0 Å². The van der Waals surface area contributed by atoms with Gasteiger partial charge in [0.2, 0.25) is 6.79 Å². The molecule has 1 N–H and O–H groups in total. The Balaban J connectivity index is 1.75. The monoisotopic (exact) mass is 402 g/mol. The fourth-order valence-corrected chi connectivity index (χ4v) is 4.85. The summed E-state index contributed by atoms with van der Waals surface area (Å²) in [6.07, 6.45) is 7.38. The van der Waals surface area contributed by atoms with Crippen molar-refractivity contribution in [2.75, 3.05) is 13.0 Å². The Kier molecular flexibility index (Phi) is 5.34. The van der Waals surface area contributed by atoms with Crippen molar-refractivity contribution in [3.05, 3.63) is 42.0 Å². The lowest BCUT2D eigenvalue weighted by molar-refractivity contribution is 0.0990. The maximum Gasteiger partial charge on any atom is 0.231 e. The van der Waals surface area contributed by atoms with Gasteiger partial charge in [-0.1, -0.05) is 37.8 Å². The van der Waals surface area contributed by atoms with E-state index in [0.29, 0.717) is 11.5 Å². The number of hydrogen-bond acceptors (Lipinski definition) is 5. The summed E-state index contributed by atoms with van der Waals surface area (Å²) in [7, 11) is -3.25. The van der Waals surface area contributed by atoms with Crippen LogP contribution in [0.15, 0.2) is 41.3 Å². The highest BCUT2D eigenvalue weighted by molar-refractivity contribution is 7.90. The van der Waals surface area contributed by atoms with Crippen LogP contribution in [0.4, 0.5) is 0 Å². The van der Waals surface area contributed by atoms with Crippen molar-refractivity contribution in [3.8, 4) is 22.6 Å². The summed E-state index contributed by atoms with van der Waals surface area (Å²) >= 11 is 0. The molecule has 0 saturated heterocycles. The largest absolute Gasteiger partial charge is 0.454 e. The number of aliphatic hydroxyl groups is 1. The van der Waals surface area contributed by atoms with Gasteiger partial charge in [-0.25, -0.2) is 8.42 Å². The van der Waals surface area contributed by atoms with E-state index in [4.69, 9.17) is 9.47 Å². The van der Waals surface area contributed by atoms with Crippen LogP contribution in [0.25, 0.3) is 11.1 Å². The molecule has 0 aromatic heterocycles. The van der Waals surface area contributed by atoms with E-state index in [-0.39, 0.29) is 17.6 Å². The Morgan fingerprint density at radius 3 is 2.18 bits per heavy atom. The van der Waals surface area contributed by atoms with Crippen LogP contribution < -0.4 is 9.47 Å². The molecule has 1 unspecified atom stereocenters. The van der Waals surface area contributed by atoms with E-state index in [1.807, 2.05) is 12.1 Å². The maximum atomic E-state index is 11.8. The van der Waals surface area contributed by atoms with Gasteiger partial charge in [0.05, 0.1) is 11.0 Å². The quantitative estimate of drug-likeness (QED) is 0.763. The van der Waals surface area contributed by atoms with Crippen molar-refractivity contribution in [3.63, 3.8) is 0 Å². The molecule has 2 aliphatic rings. The zero-order valence-corrected chi connectivity index (χ0v) is 16.9. The molecule has 2 aromatic rings. The molecule has 1 heterocycles. The zero-order valence-electron chi connectivity index (χ0n) is 16.1. The number of ether oxygens (including phenoxy) is 2. The van der Waals surface area contributed by atoms with E-state index in [1.165, 1.54) is 19.1 Å². The number of aliphatic hydroxyl groups excluding tert-OH is 1. The standard InChI is InChI=1S/C22H26O5S/c1-28(24,25)17-10-8-15(9-11-17)18-12-20-21(27-14-26-20)13-19(18)22(23)16-6-4-2-3-5-7-16/h8-13,16,22-23H,2-7,14H2,1H3. The van der Waals surface area contributed by atoms with E-state index in [0.717, 1.165) is 42.4 Å². The fraction of sp³-hybridized carbons (Fsp3) is 0.455. The van der Waals surface area contributed by atoms with Gasteiger partial charge in [0.25, 0.3) is 0 Å². The number of rotatable bonds is 4. The minimum Gasteiger partial charge on any atom is -0.454 e. The van der Waals surface area contributed by atoms with Crippen molar-refractivity contribution < 1.29 is 23.0 Å². The van der Waals surface area contributed by atoms with Crippen LogP contribution in [0.5, 0.6) is 11.5 Å². The summed E-state index contributed by atoms with van der Waals surface area (Å²) in [5.74, 6) is 1.52. The van der Waals surface area contributed by atoms with Crippen LogP contribution in [0.2, 0.25) is 0 Å². The number of benzene rings is 2. The average molecular weight is 403 g/mol. The first kappa shape index (κ1) is 19.3. The van der Waals surface area contributed by atoms with Crippen LogP contribution in [-0.2, 0) is 9.84 Å². The van der Waals surface area contributed by atoms with Gasteiger partial charge in [-0.3, -0.25) is 0 Å². The predicted molar refractivity (Wildman–Crippen MR) is 107 cm³/mol. The third kappa shape index (κ3) is 3.89. The summed E-state index contributed by atoms with van der Waals surface area (Å²) < 4.78 is 34.6. The van der Waals surface area contributed by atoms with Crippen LogP contribution in [0.1, 0.15) is 50.2 Å². The number of sulfone groups is 1. The zero-order chi connectivity index (χ0) is 19.7. The van der Waals surface area contributed by atoms with Gasteiger partial charge < -0.3 is 14.6 Å². The van der Waals surface area contributed by atoms with Crippen molar-refractivity contribution in [2.24, 2.45) is 5.92 Å². The first-order valence-corrected chi connectivity index (χ1v) is 11.7. The molecule has 150 valence electrons. The minimum atomic E-state index is -3.25. The van der Waals surface area contributed by atoms with Crippen LogP contribution >= 0.6 is 0 Å². The molecule has 1 fully saturated rings. The molecule has 6 heteroatoms. The topological polar surface area (TPSA) is 72.8 Å². The molecule has 0 bridgehead atoms. The molecular weight excluding hydrogens is 376 g/mol. The van der Waals surface area contributed by atoms with Crippen LogP contribution in [-0.4, -0.2) is 26.6 Å². The SMILES string of the molecule is CS(=O)(=O)c1ccc(-c2cc3c(cc2C(O)C2CCCCCC2)OCO3)cc1. The Labute approximate surface area is 166 Å². The summed E-state index contributed by atoms with van der Waals surface area (Å²) in [4.78, 5) is 0.280. The Hall–Kier alpha value is -2.05. The van der Waals surface area contributed by atoms with Crippen molar-refractivity contribution in [1.29, 1.82) is 0 Å².